The second-order valence-electron chi connectivity index (χ2n) is 2.12. The number of rotatable bonds is 2. The van der Waals surface area contributed by atoms with E-state index in [0.717, 1.165) is 6.42 Å². The van der Waals surface area contributed by atoms with Crippen LogP contribution in [0.1, 0.15) is 20.3 Å². The van der Waals surface area contributed by atoms with Crippen LogP contribution < -0.4 is 5.73 Å². The fourth-order valence-electron chi connectivity index (χ4n) is 0.440. The monoisotopic (exact) mass is 172 g/mol. The van der Waals surface area contributed by atoms with Gasteiger partial charge in [0.05, 0.1) is 5.84 Å². The summed E-state index contributed by atoms with van der Waals surface area (Å²) in [7, 11) is 0. The van der Waals surface area contributed by atoms with Crippen molar-refractivity contribution in [3.8, 4) is 0 Å². The van der Waals surface area contributed by atoms with E-state index in [1.165, 1.54) is 0 Å². The molecule has 0 radical (unpaired) electrons. The van der Waals surface area contributed by atoms with Gasteiger partial charge < -0.3 is 5.73 Å². The van der Waals surface area contributed by atoms with Gasteiger partial charge in [0.1, 0.15) is 0 Å². The summed E-state index contributed by atoms with van der Waals surface area (Å²) in [5, 5.41) is 6.80. The molecule has 0 saturated carbocycles. The summed E-state index contributed by atoms with van der Waals surface area (Å²) in [5.41, 5.74) is 5.08. The van der Waals surface area contributed by atoms with Gasteiger partial charge in [-0.3, -0.25) is 5.41 Å². The van der Waals surface area contributed by atoms with Crippen molar-refractivity contribution < 1.29 is 0 Å². The Labute approximate surface area is 68.5 Å². The highest BCUT2D eigenvalue weighted by Gasteiger charge is 1.92. The molecular formula is C5H14Cl2N2. The Morgan fingerprint density at radius 3 is 1.78 bits per heavy atom. The maximum absolute atomic E-state index is 6.80. The zero-order valence-corrected chi connectivity index (χ0v) is 7.31. The van der Waals surface area contributed by atoms with E-state index in [1.54, 1.807) is 0 Å². The summed E-state index contributed by atoms with van der Waals surface area (Å²) >= 11 is 0. The summed E-state index contributed by atoms with van der Waals surface area (Å²) in [6, 6.07) is 0. The van der Waals surface area contributed by atoms with Crippen LogP contribution in [0, 0.1) is 11.3 Å². The van der Waals surface area contributed by atoms with Crippen molar-refractivity contribution in [2.24, 2.45) is 11.7 Å². The van der Waals surface area contributed by atoms with Crippen LogP contribution in [0.25, 0.3) is 0 Å². The summed E-state index contributed by atoms with van der Waals surface area (Å²) in [6.45, 7) is 4.09. The minimum absolute atomic E-state index is 0. The zero-order valence-electron chi connectivity index (χ0n) is 5.68. The first-order valence-electron chi connectivity index (χ1n) is 2.46. The van der Waals surface area contributed by atoms with Gasteiger partial charge in [0.15, 0.2) is 0 Å². The first-order valence-corrected chi connectivity index (χ1v) is 2.46. The predicted octanol–water partition coefficient (Wildman–Crippen LogP) is 1.81. The van der Waals surface area contributed by atoms with E-state index in [2.05, 4.69) is 0 Å². The highest BCUT2D eigenvalue weighted by atomic mass is 35.5. The Morgan fingerprint density at radius 1 is 1.44 bits per heavy atom. The van der Waals surface area contributed by atoms with Crippen LogP contribution in [0.3, 0.4) is 0 Å². The largest absolute Gasteiger partial charge is 0.388 e. The molecular weight excluding hydrogens is 159 g/mol. The van der Waals surface area contributed by atoms with Crippen molar-refractivity contribution in [1.82, 2.24) is 0 Å². The van der Waals surface area contributed by atoms with Crippen molar-refractivity contribution in [3.05, 3.63) is 0 Å². The van der Waals surface area contributed by atoms with Gasteiger partial charge in [0.25, 0.3) is 0 Å². The summed E-state index contributed by atoms with van der Waals surface area (Å²) in [4.78, 5) is 0. The Kier molecular flexibility index (Phi) is 14.3. The van der Waals surface area contributed by atoms with Crippen LogP contribution in [-0.4, -0.2) is 5.84 Å². The molecule has 0 aromatic rings. The number of hydrogen-bond acceptors (Lipinski definition) is 1. The maximum Gasteiger partial charge on any atom is 0.0907 e. The molecule has 0 amide bonds. The highest BCUT2D eigenvalue weighted by molar-refractivity contribution is 5.85. The fourth-order valence-corrected chi connectivity index (χ4v) is 0.440. The molecule has 0 aromatic carbocycles. The van der Waals surface area contributed by atoms with E-state index in [-0.39, 0.29) is 30.6 Å². The van der Waals surface area contributed by atoms with Crippen LogP contribution in [0.2, 0.25) is 0 Å². The third-order valence-electron chi connectivity index (χ3n) is 0.628. The van der Waals surface area contributed by atoms with E-state index in [0.29, 0.717) is 5.92 Å². The van der Waals surface area contributed by atoms with Crippen molar-refractivity contribution in [3.63, 3.8) is 0 Å². The fraction of sp³-hybridized carbons (Fsp3) is 0.800. The molecule has 0 aliphatic rings. The SMILES string of the molecule is CC(C)CC(=N)N.Cl.Cl. The first-order chi connectivity index (χ1) is 3.13. The average molecular weight is 173 g/mol. The minimum atomic E-state index is 0. The lowest BCUT2D eigenvalue weighted by Gasteiger charge is -1.98. The normalized spacial score (nSPS) is 7.44. The molecule has 0 heterocycles. The van der Waals surface area contributed by atoms with Gasteiger partial charge in [0.2, 0.25) is 0 Å². The average Bonchev–Trinajstić information content (AvgIpc) is 1.27. The lowest BCUT2D eigenvalue weighted by Crippen LogP contribution is -2.11. The van der Waals surface area contributed by atoms with E-state index in [1.807, 2.05) is 13.8 Å². The van der Waals surface area contributed by atoms with Gasteiger partial charge in [-0.2, -0.15) is 0 Å². The van der Waals surface area contributed by atoms with Gasteiger partial charge in [0, 0.05) is 6.42 Å². The Bertz CT molecular complexity index is 73.4. The molecule has 0 aliphatic heterocycles. The quantitative estimate of drug-likeness (QED) is 0.485. The van der Waals surface area contributed by atoms with Crippen molar-refractivity contribution in [2.45, 2.75) is 20.3 Å². The molecule has 58 valence electrons. The molecule has 0 unspecified atom stereocenters. The van der Waals surface area contributed by atoms with Gasteiger partial charge in [-0.15, -0.1) is 24.8 Å². The molecule has 9 heavy (non-hydrogen) atoms. The van der Waals surface area contributed by atoms with Crippen molar-refractivity contribution >= 4 is 30.6 Å². The maximum atomic E-state index is 6.80. The third kappa shape index (κ3) is 18.0. The molecule has 0 fully saturated rings. The van der Waals surface area contributed by atoms with Crippen molar-refractivity contribution in [2.75, 3.05) is 0 Å². The Morgan fingerprint density at radius 2 is 1.78 bits per heavy atom. The number of halogens is 2. The van der Waals surface area contributed by atoms with Gasteiger partial charge in [-0.05, 0) is 5.92 Å². The lowest BCUT2D eigenvalue weighted by molar-refractivity contribution is 0.679. The molecule has 0 aromatic heterocycles. The second kappa shape index (κ2) is 8.05. The molecule has 0 bridgehead atoms. The standard InChI is InChI=1S/C5H12N2.2ClH/c1-4(2)3-5(6)7;;/h4H,3H2,1-2H3,(H3,6,7);2*1H. The van der Waals surface area contributed by atoms with E-state index in [4.69, 9.17) is 11.1 Å². The molecule has 0 rings (SSSR count). The minimum Gasteiger partial charge on any atom is -0.388 e. The van der Waals surface area contributed by atoms with Crippen LogP contribution in [0.4, 0.5) is 0 Å². The lowest BCUT2D eigenvalue weighted by atomic mass is 10.1. The summed E-state index contributed by atoms with van der Waals surface area (Å²) in [5.74, 6) is 0.813. The second-order valence-corrected chi connectivity index (χ2v) is 2.12. The molecule has 0 spiro atoms. The number of hydrogen-bond donors (Lipinski definition) is 2. The predicted molar refractivity (Wildman–Crippen MR) is 45.9 cm³/mol. The Hall–Kier alpha value is 0.0500. The summed E-state index contributed by atoms with van der Waals surface area (Å²) < 4.78 is 0. The summed E-state index contributed by atoms with van der Waals surface area (Å²) in [6.07, 6.45) is 0.722. The molecule has 0 saturated heterocycles. The number of nitrogens with two attached hydrogens (primary N) is 1. The first kappa shape index (κ1) is 16.0. The zero-order chi connectivity index (χ0) is 5.86. The number of amidine groups is 1. The van der Waals surface area contributed by atoms with Crippen molar-refractivity contribution in [1.29, 1.82) is 5.41 Å². The molecule has 0 atom stereocenters. The number of nitrogens with one attached hydrogen (secondary N) is 1. The molecule has 3 N–H and O–H groups in total. The van der Waals surface area contributed by atoms with Crippen LogP contribution in [-0.2, 0) is 0 Å². The van der Waals surface area contributed by atoms with Gasteiger partial charge >= 0.3 is 0 Å². The molecule has 4 heteroatoms. The van der Waals surface area contributed by atoms with Crippen LogP contribution >= 0.6 is 24.8 Å². The highest BCUT2D eigenvalue weighted by Crippen LogP contribution is 1.95. The van der Waals surface area contributed by atoms with Gasteiger partial charge in [-0.1, -0.05) is 13.8 Å². The smallest absolute Gasteiger partial charge is 0.0907 e. The van der Waals surface area contributed by atoms with Crippen LogP contribution in [0.15, 0.2) is 0 Å². The van der Waals surface area contributed by atoms with E-state index < -0.39 is 0 Å². The van der Waals surface area contributed by atoms with E-state index in [9.17, 15) is 0 Å². The van der Waals surface area contributed by atoms with E-state index >= 15 is 0 Å². The third-order valence-corrected chi connectivity index (χ3v) is 0.628. The Balaban J connectivity index is -0.000000180. The molecule has 0 aliphatic carbocycles. The van der Waals surface area contributed by atoms with Crippen LogP contribution in [0.5, 0.6) is 0 Å². The topological polar surface area (TPSA) is 49.9 Å². The van der Waals surface area contributed by atoms with Gasteiger partial charge in [-0.25, -0.2) is 0 Å². The molecule has 2 nitrogen and oxygen atoms in total.